The van der Waals surface area contributed by atoms with E-state index in [-0.39, 0.29) is 5.41 Å². The van der Waals surface area contributed by atoms with E-state index in [0.29, 0.717) is 5.41 Å². The molecular weight excluding hydrogens is 316 g/mol. The molecule has 2 heteroatoms. The second kappa shape index (κ2) is 13.2. The fourth-order valence-electron chi connectivity index (χ4n) is 3.27. The molecule has 0 saturated carbocycles. The molecule has 0 heterocycles. The molecule has 0 aromatic heterocycles. The topological polar surface area (TPSA) is 15.6 Å². The van der Waals surface area contributed by atoms with Gasteiger partial charge in [-0.1, -0.05) is 92.2 Å². The average molecular weight is 363 g/mol. The van der Waals surface area contributed by atoms with Gasteiger partial charge in [0.25, 0.3) is 0 Å². The van der Waals surface area contributed by atoms with Crippen LogP contribution in [0, 0.1) is 10.8 Å². The van der Waals surface area contributed by atoms with Crippen LogP contribution in [0.15, 0.2) is 29.2 Å². The molecule has 0 amide bonds. The molecule has 0 aliphatic rings. The summed E-state index contributed by atoms with van der Waals surface area (Å²) >= 11 is 0. The lowest BCUT2D eigenvalue weighted by Crippen LogP contribution is -2.14. The van der Waals surface area contributed by atoms with Crippen LogP contribution in [0.25, 0.3) is 0 Å². The smallest absolute Gasteiger partial charge is 0.0376 e. The second-order valence-corrected chi connectivity index (χ2v) is 8.75. The minimum atomic E-state index is 0.209. The fourth-order valence-corrected chi connectivity index (χ4v) is 3.27. The van der Waals surface area contributed by atoms with Gasteiger partial charge in [-0.15, -0.1) is 0 Å². The van der Waals surface area contributed by atoms with Crippen LogP contribution in [0.1, 0.15) is 113 Å². The van der Waals surface area contributed by atoms with Crippen molar-refractivity contribution in [2.75, 3.05) is 0 Å². The zero-order valence-electron chi connectivity index (χ0n) is 18.9. The van der Waals surface area contributed by atoms with Gasteiger partial charge in [-0.25, -0.2) is 5.01 Å². The molecule has 0 spiro atoms. The van der Waals surface area contributed by atoms with Crippen LogP contribution in [0.2, 0.25) is 0 Å². The molecule has 0 aromatic rings. The Hall–Kier alpha value is -1.05. The first-order valence-corrected chi connectivity index (χ1v) is 10.9. The SMILES string of the molecule is C=NN(/C=C/C(C)(C)CCCCC)/C(=C\C)CCCCC(C)(CC)CC. The van der Waals surface area contributed by atoms with Gasteiger partial charge in [0.05, 0.1) is 0 Å². The molecule has 2 nitrogen and oxygen atoms in total. The highest BCUT2D eigenvalue weighted by molar-refractivity contribution is 5.24. The minimum absolute atomic E-state index is 0.209. The van der Waals surface area contributed by atoms with Crippen LogP contribution < -0.4 is 0 Å². The summed E-state index contributed by atoms with van der Waals surface area (Å²) in [6.07, 6.45) is 19.1. The highest BCUT2D eigenvalue weighted by Crippen LogP contribution is 2.32. The third kappa shape index (κ3) is 10.2. The molecule has 0 aromatic carbocycles. The highest BCUT2D eigenvalue weighted by atomic mass is 15.4. The summed E-state index contributed by atoms with van der Waals surface area (Å²) in [6, 6.07) is 0. The van der Waals surface area contributed by atoms with Crippen LogP contribution in [0.4, 0.5) is 0 Å². The van der Waals surface area contributed by atoms with Crippen molar-refractivity contribution in [2.45, 2.75) is 113 Å². The van der Waals surface area contributed by atoms with Crippen LogP contribution in [-0.2, 0) is 0 Å². The molecule has 0 aliphatic heterocycles. The van der Waals surface area contributed by atoms with Gasteiger partial charge < -0.3 is 0 Å². The van der Waals surface area contributed by atoms with Crippen LogP contribution in [0.3, 0.4) is 0 Å². The van der Waals surface area contributed by atoms with Crippen molar-refractivity contribution in [3.05, 3.63) is 24.0 Å². The van der Waals surface area contributed by atoms with Gasteiger partial charge in [0, 0.05) is 18.6 Å². The Balaban J connectivity index is 4.60. The summed E-state index contributed by atoms with van der Waals surface area (Å²) in [5, 5.41) is 6.22. The number of hydrogen-bond donors (Lipinski definition) is 0. The first kappa shape index (κ1) is 24.9. The summed E-state index contributed by atoms with van der Waals surface area (Å²) in [5.41, 5.74) is 1.98. The third-order valence-electron chi connectivity index (χ3n) is 6.04. The number of rotatable bonds is 15. The quantitative estimate of drug-likeness (QED) is 0.162. The van der Waals surface area contributed by atoms with E-state index < -0.39 is 0 Å². The third-order valence-corrected chi connectivity index (χ3v) is 6.04. The summed E-state index contributed by atoms with van der Waals surface area (Å²) in [4.78, 5) is 0. The predicted molar refractivity (Wildman–Crippen MR) is 119 cm³/mol. The van der Waals surface area contributed by atoms with Crippen LogP contribution in [0.5, 0.6) is 0 Å². The molecule has 0 bridgehead atoms. The van der Waals surface area contributed by atoms with Gasteiger partial charge in [-0.2, -0.15) is 5.10 Å². The lowest BCUT2D eigenvalue weighted by molar-refractivity contribution is 0.262. The lowest BCUT2D eigenvalue weighted by atomic mass is 9.80. The van der Waals surface area contributed by atoms with Crippen molar-refractivity contribution in [1.82, 2.24) is 5.01 Å². The van der Waals surface area contributed by atoms with E-state index in [4.69, 9.17) is 0 Å². The normalized spacial score (nSPS) is 13.4. The van der Waals surface area contributed by atoms with Gasteiger partial charge in [-0.3, -0.25) is 0 Å². The lowest BCUT2D eigenvalue weighted by Gasteiger charge is -2.27. The van der Waals surface area contributed by atoms with Gasteiger partial charge >= 0.3 is 0 Å². The van der Waals surface area contributed by atoms with Crippen molar-refractivity contribution in [3.63, 3.8) is 0 Å². The fraction of sp³-hybridized carbons (Fsp3) is 0.792. The van der Waals surface area contributed by atoms with E-state index in [1.165, 1.54) is 63.5 Å². The standard InChI is InChI=1S/C24H46N2/c1-9-13-15-18-23(5,6)20-21-26(25-8)22(10-2)17-14-16-19-24(7,11-3)12-4/h10,20-21H,8-9,11-19H2,1-7H3/b21-20+,22-10-. The van der Waals surface area contributed by atoms with Crippen molar-refractivity contribution in [1.29, 1.82) is 0 Å². The Bertz CT molecular complexity index is 427. The van der Waals surface area contributed by atoms with E-state index in [9.17, 15) is 0 Å². The largest absolute Gasteiger partial charge is 0.246 e. The van der Waals surface area contributed by atoms with E-state index in [1.807, 2.05) is 5.01 Å². The average Bonchev–Trinajstić information content (AvgIpc) is 2.63. The zero-order chi connectivity index (χ0) is 20.1. The maximum Gasteiger partial charge on any atom is 0.0376 e. The molecule has 0 N–H and O–H groups in total. The summed E-state index contributed by atoms with van der Waals surface area (Å²) in [6.45, 7) is 19.8. The number of nitrogens with zero attached hydrogens (tertiary/aromatic N) is 2. The summed E-state index contributed by atoms with van der Waals surface area (Å²) in [5.74, 6) is 0. The number of hydrazone groups is 1. The molecule has 0 fully saturated rings. The highest BCUT2D eigenvalue weighted by Gasteiger charge is 2.19. The second-order valence-electron chi connectivity index (χ2n) is 8.75. The van der Waals surface area contributed by atoms with Gasteiger partial charge in [-0.05, 0) is 43.4 Å². The first-order valence-electron chi connectivity index (χ1n) is 10.9. The Morgan fingerprint density at radius 2 is 1.58 bits per heavy atom. The predicted octanol–water partition coefficient (Wildman–Crippen LogP) is 8.31. The summed E-state index contributed by atoms with van der Waals surface area (Å²) in [7, 11) is 0. The van der Waals surface area contributed by atoms with Crippen molar-refractivity contribution >= 4 is 6.72 Å². The van der Waals surface area contributed by atoms with Crippen molar-refractivity contribution < 1.29 is 0 Å². The molecule has 0 rings (SSSR count). The van der Waals surface area contributed by atoms with Gasteiger partial charge in [0.1, 0.15) is 0 Å². The molecule has 0 atom stereocenters. The first-order chi connectivity index (χ1) is 12.3. The van der Waals surface area contributed by atoms with E-state index in [1.54, 1.807) is 0 Å². The molecule has 152 valence electrons. The van der Waals surface area contributed by atoms with E-state index in [0.717, 1.165) is 6.42 Å². The Kier molecular flexibility index (Phi) is 12.6. The van der Waals surface area contributed by atoms with Crippen LogP contribution >= 0.6 is 0 Å². The zero-order valence-corrected chi connectivity index (χ0v) is 18.9. The number of allylic oxidation sites excluding steroid dienone is 3. The van der Waals surface area contributed by atoms with E-state index in [2.05, 4.69) is 78.6 Å². The maximum absolute atomic E-state index is 4.25. The molecule has 0 radical (unpaired) electrons. The minimum Gasteiger partial charge on any atom is -0.246 e. The van der Waals surface area contributed by atoms with Gasteiger partial charge in [0.15, 0.2) is 0 Å². The maximum atomic E-state index is 4.25. The Labute approximate surface area is 164 Å². The molecule has 0 saturated heterocycles. The van der Waals surface area contributed by atoms with Crippen molar-refractivity contribution in [3.8, 4) is 0 Å². The molecule has 0 unspecified atom stereocenters. The molecule has 0 aliphatic carbocycles. The molecule has 26 heavy (non-hydrogen) atoms. The van der Waals surface area contributed by atoms with Crippen LogP contribution in [-0.4, -0.2) is 11.7 Å². The Morgan fingerprint density at radius 1 is 0.962 bits per heavy atom. The monoisotopic (exact) mass is 362 g/mol. The summed E-state index contributed by atoms with van der Waals surface area (Å²) < 4.78 is 0. The Morgan fingerprint density at radius 3 is 2.08 bits per heavy atom. The van der Waals surface area contributed by atoms with Gasteiger partial charge in [0.2, 0.25) is 0 Å². The van der Waals surface area contributed by atoms with E-state index >= 15 is 0 Å². The number of hydrogen-bond acceptors (Lipinski definition) is 2. The molecular formula is C24H46N2. The number of unbranched alkanes of at least 4 members (excludes halogenated alkanes) is 3. The van der Waals surface area contributed by atoms with Crippen molar-refractivity contribution in [2.24, 2.45) is 15.9 Å².